The molecule has 0 aliphatic rings. The Morgan fingerprint density at radius 3 is 2.85 bits per heavy atom. The first-order valence-electron chi connectivity index (χ1n) is 7.51. The van der Waals surface area contributed by atoms with Gasteiger partial charge in [0.05, 0.1) is 11.6 Å². The molecule has 0 radical (unpaired) electrons. The summed E-state index contributed by atoms with van der Waals surface area (Å²) in [4.78, 5) is 16.0. The molecule has 134 valence electrons. The first kappa shape index (κ1) is 18.7. The molecule has 0 fully saturated rings. The number of anilines is 1. The van der Waals surface area contributed by atoms with Gasteiger partial charge in [-0.25, -0.2) is 9.67 Å². The molecule has 0 atom stereocenters. The van der Waals surface area contributed by atoms with Crippen LogP contribution < -0.4 is 10.1 Å². The number of nitrogens with zero attached hydrogens (tertiary/aromatic N) is 3. The van der Waals surface area contributed by atoms with Gasteiger partial charge in [0.25, 0.3) is 5.91 Å². The van der Waals surface area contributed by atoms with Gasteiger partial charge in [0.15, 0.2) is 6.61 Å². The average Bonchev–Trinajstić information content (AvgIpc) is 3.01. The monoisotopic (exact) mass is 454 g/mol. The highest BCUT2D eigenvalue weighted by molar-refractivity contribution is 9.10. The quantitative estimate of drug-likeness (QED) is 0.597. The lowest BCUT2D eigenvalue weighted by molar-refractivity contribution is -0.118. The van der Waals surface area contributed by atoms with Gasteiger partial charge in [-0.2, -0.15) is 0 Å². The first-order valence-corrected chi connectivity index (χ1v) is 9.06. The molecule has 0 bridgehead atoms. The molecule has 0 saturated carbocycles. The van der Waals surface area contributed by atoms with E-state index in [2.05, 4.69) is 31.3 Å². The summed E-state index contributed by atoms with van der Waals surface area (Å²) in [5.74, 6) is 0.186. The Kier molecular flexibility index (Phi) is 6.13. The number of rotatable bonds is 6. The molecule has 0 unspecified atom stereocenters. The molecule has 9 heteroatoms. The minimum atomic E-state index is -0.392. The van der Waals surface area contributed by atoms with Crippen LogP contribution in [-0.2, 0) is 11.3 Å². The molecule has 1 aromatic heterocycles. The fourth-order valence-electron chi connectivity index (χ4n) is 2.15. The van der Waals surface area contributed by atoms with Crippen molar-refractivity contribution in [3.05, 3.63) is 68.9 Å². The molecule has 0 aliphatic heterocycles. The van der Waals surface area contributed by atoms with Crippen LogP contribution in [0.2, 0.25) is 10.0 Å². The molecule has 1 N–H and O–H groups in total. The maximum Gasteiger partial charge on any atom is 0.264 e. The molecule has 3 aromatic rings. The SMILES string of the molecule is O=C(COc1ccc(Cl)cc1Cl)Nc1ncn(Cc2cccc(Br)c2)n1. The third-order valence-electron chi connectivity index (χ3n) is 3.27. The Hall–Kier alpha value is -2.09. The number of ether oxygens (including phenoxy) is 1. The number of hydrogen-bond donors (Lipinski definition) is 1. The van der Waals surface area contributed by atoms with Crippen molar-refractivity contribution < 1.29 is 9.53 Å². The zero-order chi connectivity index (χ0) is 18.5. The molecular formula is C17H13BrCl2N4O2. The molecule has 0 spiro atoms. The van der Waals surface area contributed by atoms with Crippen molar-refractivity contribution in [2.75, 3.05) is 11.9 Å². The van der Waals surface area contributed by atoms with Crippen LogP contribution in [0.15, 0.2) is 53.3 Å². The van der Waals surface area contributed by atoms with Gasteiger partial charge in [-0.3, -0.25) is 10.1 Å². The fourth-order valence-corrected chi connectivity index (χ4v) is 3.06. The fraction of sp³-hybridized carbons (Fsp3) is 0.118. The largest absolute Gasteiger partial charge is 0.482 e. The van der Waals surface area contributed by atoms with Crippen LogP contribution in [0.5, 0.6) is 5.75 Å². The van der Waals surface area contributed by atoms with Crippen molar-refractivity contribution in [2.24, 2.45) is 0 Å². The van der Waals surface area contributed by atoms with E-state index in [1.165, 1.54) is 0 Å². The van der Waals surface area contributed by atoms with Crippen LogP contribution in [0.4, 0.5) is 5.95 Å². The van der Waals surface area contributed by atoms with Crippen LogP contribution in [0, 0.1) is 0 Å². The second-order valence-corrected chi connectivity index (χ2v) is 7.07. The van der Waals surface area contributed by atoms with Crippen molar-refractivity contribution in [1.82, 2.24) is 14.8 Å². The van der Waals surface area contributed by atoms with Crippen LogP contribution in [0.3, 0.4) is 0 Å². The minimum absolute atomic E-state index is 0.204. The average molecular weight is 456 g/mol. The van der Waals surface area contributed by atoms with E-state index in [0.29, 0.717) is 22.3 Å². The van der Waals surface area contributed by atoms with Crippen molar-refractivity contribution in [3.63, 3.8) is 0 Å². The summed E-state index contributed by atoms with van der Waals surface area (Å²) in [6, 6.07) is 12.6. The lowest BCUT2D eigenvalue weighted by Crippen LogP contribution is -2.21. The van der Waals surface area contributed by atoms with E-state index in [9.17, 15) is 4.79 Å². The maximum absolute atomic E-state index is 12.0. The Bertz CT molecular complexity index is 933. The molecule has 3 rings (SSSR count). The predicted octanol–water partition coefficient (Wildman–Crippen LogP) is 4.41. The highest BCUT2D eigenvalue weighted by atomic mass is 79.9. The van der Waals surface area contributed by atoms with Crippen molar-refractivity contribution >= 4 is 51.0 Å². The van der Waals surface area contributed by atoms with Gasteiger partial charge < -0.3 is 4.74 Å². The van der Waals surface area contributed by atoms with Crippen molar-refractivity contribution in [1.29, 1.82) is 0 Å². The molecule has 6 nitrogen and oxygen atoms in total. The number of carbonyl (C=O) groups is 1. The number of halogens is 3. The Labute approximate surface area is 168 Å². The summed E-state index contributed by atoms with van der Waals surface area (Å²) in [5, 5.41) is 7.62. The van der Waals surface area contributed by atoms with Gasteiger partial charge in [0, 0.05) is 9.50 Å². The van der Waals surface area contributed by atoms with Gasteiger partial charge >= 0.3 is 0 Å². The molecule has 26 heavy (non-hydrogen) atoms. The number of amides is 1. The zero-order valence-corrected chi connectivity index (χ0v) is 16.4. The smallest absolute Gasteiger partial charge is 0.264 e. The Morgan fingerprint density at radius 1 is 1.23 bits per heavy atom. The van der Waals surface area contributed by atoms with Crippen molar-refractivity contribution in [3.8, 4) is 5.75 Å². The normalized spacial score (nSPS) is 10.6. The van der Waals surface area contributed by atoms with Gasteiger partial charge in [-0.05, 0) is 35.9 Å². The van der Waals surface area contributed by atoms with Crippen molar-refractivity contribution in [2.45, 2.75) is 6.54 Å². The van der Waals surface area contributed by atoms with Crippen LogP contribution in [0.1, 0.15) is 5.56 Å². The van der Waals surface area contributed by atoms with E-state index >= 15 is 0 Å². The summed E-state index contributed by atoms with van der Waals surface area (Å²) < 4.78 is 7.99. The Morgan fingerprint density at radius 2 is 2.08 bits per heavy atom. The minimum Gasteiger partial charge on any atom is -0.482 e. The highest BCUT2D eigenvalue weighted by Gasteiger charge is 2.09. The number of hydrogen-bond acceptors (Lipinski definition) is 4. The maximum atomic E-state index is 12.0. The standard InChI is InChI=1S/C17H13BrCl2N4O2/c18-12-3-1-2-11(6-12)8-24-10-21-17(23-24)22-16(25)9-26-15-5-4-13(19)7-14(15)20/h1-7,10H,8-9H2,(H,22,23,25). The van der Waals surface area contributed by atoms with Crippen LogP contribution in [-0.4, -0.2) is 27.3 Å². The summed E-state index contributed by atoms with van der Waals surface area (Å²) in [5.41, 5.74) is 1.06. The second-order valence-electron chi connectivity index (χ2n) is 5.31. The van der Waals surface area contributed by atoms with E-state index in [-0.39, 0.29) is 12.6 Å². The summed E-state index contributed by atoms with van der Waals surface area (Å²) in [6.45, 7) is 0.320. The number of aromatic nitrogens is 3. The third-order valence-corrected chi connectivity index (χ3v) is 4.30. The van der Waals surface area contributed by atoms with Crippen LogP contribution >= 0.6 is 39.1 Å². The van der Waals surface area contributed by atoms with Gasteiger partial charge in [-0.1, -0.05) is 51.3 Å². The molecule has 0 saturated heterocycles. The van der Waals surface area contributed by atoms with Gasteiger partial charge in [-0.15, -0.1) is 5.10 Å². The van der Waals surface area contributed by atoms with E-state index in [4.69, 9.17) is 27.9 Å². The molecule has 0 aliphatic carbocycles. The topological polar surface area (TPSA) is 69.0 Å². The number of benzene rings is 2. The molecule has 2 aromatic carbocycles. The highest BCUT2D eigenvalue weighted by Crippen LogP contribution is 2.27. The Balaban J connectivity index is 1.54. The zero-order valence-electron chi connectivity index (χ0n) is 13.3. The lowest BCUT2D eigenvalue weighted by atomic mass is 10.2. The van der Waals surface area contributed by atoms with E-state index in [1.54, 1.807) is 29.2 Å². The summed E-state index contributed by atoms with van der Waals surface area (Å²) in [6.07, 6.45) is 1.55. The van der Waals surface area contributed by atoms with Crippen LogP contribution in [0.25, 0.3) is 0 Å². The van der Waals surface area contributed by atoms with Gasteiger partial charge in [0.2, 0.25) is 5.95 Å². The first-order chi connectivity index (χ1) is 12.5. The molecular weight excluding hydrogens is 443 g/mol. The third kappa shape index (κ3) is 5.20. The number of carbonyl (C=O) groups excluding carboxylic acids is 1. The molecule has 1 heterocycles. The summed E-state index contributed by atoms with van der Waals surface area (Å²) in [7, 11) is 0. The van der Waals surface area contributed by atoms with E-state index in [0.717, 1.165) is 10.0 Å². The van der Waals surface area contributed by atoms with Gasteiger partial charge in [0.1, 0.15) is 12.1 Å². The lowest BCUT2D eigenvalue weighted by Gasteiger charge is -2.07. The summed E-state index contributed by atoms with van der Waals surface area (Å²) >= 11 is 15.2. The second kappa shape index (κ2) is 8.53. The van der Waals surface area contributed by atoms with E-state index < -0.39 is 5.91 Å². The predicted molar refractivity (Wildman–Crippen MR) is 104 cm³/mol. The van der Waals surface area contributed by atoms with E-state index in [1.807, 2.05) is 24.3 Å². The number of nitrogens with one attached hydrogen (secondary N) is 1. The molecule has 1 amide bonds.